The van der Waals surface area contributed by atoms with Crippen LogP contribution in [0, 0.1) is 29.1 Å². The van der Waals surface area contributed by atoms with Crippen molar-refractivity contribution in [2.45, 2.75) is 51.4 Å². The molecule has 118 valence electrons. The van der Waals surface area contributed by atoms with E-state index in [4.69, 9.17) is 11.6 Å². The van der Waals surface area contributed by atoms with Gasteiger partial charge in [-0.1, -0.05) is 23.3 Å². The standard InChI is InChI=1S/C19H23ClO2/c20-10-9-19-8-7-15-14-4-2-13(21)11-12(14)1-3-16(15)17(19)5-6-18(19)22/h9-11,14-17H,1-8H2/t14-,15+,16+,17-,19+/m0/s1. The molecule has 0 bridgehead atoms. The Hall–Kier alpha value is -0.890. The molecule has 0 saturated heterocycles. The fourth-order valence-corrected chi connectivity index (χ4v) is 6.32. The van der Waals surface area contributed by atoms with Crippen molar-refractivity contribution in [1.29, 1.82) is 0 Å². The van der Waals surface area contributed by atoms with Gasteiger partial charge >= 0.3 is 0 Å². The molecule has 2 nitrogen and oxygen atoms in total. The molecule has 5 atom stereocenters. The van der Waals surface area contributed by atoms with Crippen LogP contribution in [0.25, 0.3) is 0 Å². The molecule has 4 aliphatic rings. The highest BCUT2D eigenvalue weighted by molar-refractivity contribution is 6.25. The number of allylic oxidation sites excluding steroid dienone is 2. The van der Waals surface area contributed by atoms with Crippen molar-refractivity contribution in [3.05, 3.63) is 23.3 Å². The second kappa shape index (κ2) is 5.33. The maximum Gasteiger partial charge on any atom is 0.155 e. The van der Waals surface area contributed by atoms with Crippen LogP contribution in [-0.4, -0.2) is 11.6 Å². The molecular formula is C19H23ClO2. The lowest BCUT2D eigenvalue weighted by atomic mass is 9.52. The summed E-state index contributed by atoms with van der Waals surface area (Å²) in [5.41, 5.74) is 2.71. The van der Waals surface area contributed by atoms with E-state index >= 15 is 0 Å². The number of Topliss-reactive ketones (excluding diaryl/α,β-unsaturated/α-hetero) is 1. The lowest BCUT2D eigenvalue weighted by molar-refractivity contribution is -0.128. The molecule has 3 fully saturated rings. The zero-order valence-corrected chi connectivity index (χ0v) is 13.6. The average molecular weight is 319 g/mol. The van der Waals surface area contributed by atoms with Crippen LogP contribution in [0.5, 0.6) is 0 Å². The maximum atomic E-state index is 12.6. The highest BCUT2D eigenvalue weighted by Crippen LogP contribution is 2.61. The second-order valence-corrected chi connectivity index (χ2v) is 7.89. The van der Waals surface area contributed by atoms with Gasteiger partial charge in [-0.3, -0.25) is 9.59 Å². The van der Waals surface area contributed by atoms with Crippen molar-refractivity contribution in [2.24, 2.45) is 29.1 Å². The largest absolute Gasteiger partial charge is 0.299 e. The van der Waals surface area contributed by atoms with Gasteiger partial charge in [0.05, 0.1) is 5.41 Å². The molecule has 0 aliphatic heterocycles. The molecule has 0 aromatic carbocycles. The van der Waals surface area contributed by atoms with Crippen molar-refractivity contribution in [3.8, 4) is 0 Å². The fourth-order valence-electron chi connectivity index (χ4n) is 6.10. The van der Waals surface area contributed by atoms with Crippen LogP contribution in [0.4, 0.5) is 0 Å². The average Bonchev–Trinajstić information content (AvgIpc) is 2.84. The summed E-state index contributed by atoms with van der Waals surface area (Å²) in [6.07, 6.45) is 11.7. The normalized spacial score (nSPS) is 44.5. The molecule has 0 amide bonds. The summed E-state index contributed by atoms with van der Waals surface area (Å²) in [4.78, 5) is 24.2. The van der Waals surface area contributed by atoms with Gasteiger partial charge in [-0.25, -0.2) is 0 Å². The Balaban J connectivity index is 1.66. The van der Waals surface area contributed by atoms with Gasteiger partial charge in [-0.15, -0.1) is 0 Å². The molecule has 3 saturated carbocycles. The molecule has 3 heteroatoms. The quantitative estimate of drug-likeness (QED) is 0.716. The van der Waals surface area contributed by atoms with Gasteiger partial charge in [0.25, 0.3) is 0 Å². The smallest absolute Gasteiger partial charge is 0.155 e. The van der Waals surface area contributed by atoms with Gasteiger partial charge in [0.2, 0.25) is 0 Å². The van der Waals surface area contributed by atoms with Gasteiger partial charge in [-0.2, -0.15) is 0 Å². The van der Waals surface area contributed by atoms with Gasteiger partial charge in [0.15, 0.2) is 5.78 Å². The summed E-state index contributed by atoms with van der Waals surface area (Å²) >= 11 is 5.88. The summed E-state index contributed by atoms with van der Waals surface area (Å²) in [5.74, 6) is 3.13. The highest BCUT2D eigenvalue weighted by Gasteiger charge is 2.57. The van der Waals surface area contributed by atoms with Crippen LogP contribution in [-0.2, 0) is 9.59 Å². The van der Waals surface area contributed by atoms with Gasteiger partial charge in [0.1, 0.15) is 5.78 Å². The molecule has 0 spiro atoms. The number of halogens is 1. The third-order valence-corrected chi connectivity index (χ3v) is 7.12. The Bertz CT molecular complexity index is 576. The number of hydrogen-bond donors (Lipinski definition) is 0. The number of carbonyl (C=O) groups excluding carboxylic acids is 2. The molecule has 22 heavy (non-hydrogen) atoms. The molecule has 0 radical (unpaired) electrons. The topological polar surface area (TPSA) is 34.1 Å². The summed E-state index contributed by atoms with van der Waals surface area (Å²) in [7, 11) is 0. The van der Waals surface area contributed by atoms with E-state index in [1.807, 2.05) is 12.2 Å². The number of rotatable bonds is 1. The number of fused-ring (bicyclic) bond motifs is 5. The minimum Gasteiger partial charge on any atom is -0.299 e. The van der Waals surface area contributed by atoms with E-state index in [2.05, 4.69) is 0 Å². The molecule has 0 N–H and O–H groups in total. The summed E-state index contributed by atoms with van der Waals surface area (Å²) < 4.78 is 0. The van der Waals surface area contributed by atoms with Gasteiger partial charge < -0.3 is 0 Å². The molecule has 0 aromatic rings. The van der Waals surface area contributed by atoms with E-state index in [1.54, 1.807) is 5.54 Å². The zero-order chi connectivity index (χ0) is 15.3. The zero-order valence-electron chi connectivity index (χ0n) is 12.9. The van der Waals surface area contributed by atoms with E-state index in [-0.39, 0.29) is 5.41 Å². The monoisotopic (exact) mass is 318 g/mol. The second-order valence-electron chi connectivity index (χ2n) is 7.64. The van der Waals surface area contributed by atoms with Gasteiger partial charge in [0, 0.05) is 18.4 Å². The number of hydrogen-bond acceptors (Lipinski definition) is 2. The third kappa shape index (κ3) is 1.99. The van der Waals surface area contributed by atoms with E-state index < -0.39 is 0 Å². The Morgan fingerprint density at radius 3 is 2.73 bits per heavy atom. The molecular weight excluding hydrogens is 296 g/mol. The number of carbonyl (C=O) groups is 2. The van der Waals surface area contributed by atoms with E-state index in [0.29, 0.717) is 41.7 Å². The summed E-state index contributed by atoms with van der Waals surface area (Å²) in [5, 5.41) is 0. The lowest BCUT2D eigenvalue weighted by Gasteiger charge is -2.52. The summed E-state index contributed by atoms with van der Waals surface area (Å²) in [6.45, 7) is 0. The van der Waals surface area contributed by atoms with Crippen LogP contribution in [0.15, 0.2) is 23.3 Å². The van der Waals surface area contributed by atoms with E-state index in [0.717, 1.165) is 44.9 Å². The molecule has 0 heterocycles. The van der Waals surface area contributed by atoms with E-state index in [9.17, 15) is 9.59 Å². The Labute approximate surface area is 137 Å². The van der Waals surface area contributed by atoms with Crippen LogP contribution < -0.4 is 0 Å². The highest BCUT2D eigenvalue weighted by atomic mass is 35.5. The predicted molar refractivity (Wildman–Crippen MR) is 86.4 cm³/mol. The minimum atomic E-state index is -0.269. The first kappa shape index (κ1) is 14.7. The Morgan fingerprint density at radius 2 is 1.91 bits per heavy atom. The van der Waals surface area contributed by atoms with E-state index in [1.165, 1.54) is 5.57 Å². The van der Waals surface area contributed by atoms with Gasteiger partial charge in [-0.05, 0) is 68.3 Å². The molecule has 0 unspecified atom stereocenters. The number of ketones is 2. The fraction of sp³-hybridized carbons (Fsp3) is 0.684. The third-order valence-electron chi connectivity index (χ3n) is 6.99. The maximum absolute atomic E-state index is 12.6. The first-order valence-corrected chi connectivity index (χ1v) is 9.14. The van der Waals surface area contributed by atoms with Crippen molar-refractivity contribution >= 4 is 23.2 Å². The SMILES string of the molecule is O=C1C=C2CC[C@@H]3[C@H](CC[C@]4(C=CCl)C(=O)CC[C@@H]34)[C@H]2CC1. The lowest BCUT2D eigenvalue weighted by Crippen LogP contribution is -2.47. The minimum absolute atomic E-state index is 0.269. The van der Waals surface area contributed by atoms with Crippen molar-refractivity contribution in [1.82, 2.24) is 0 Å². The van der Waals surface area contributed by atoms with Crippen LogP contribution in [0.2, 0.25) is 0 Å². The van der Waals surface area contributed by atoms with Crippen LogP contribution in [0.3, 0.4) is 0 Å². The first-order chi connectivity index (χ1) is 10.7. The van der Waals surface area contributed by atoms with Crippen molar-refractivity contribution in [3.63, 3.8) is 0 Å². The molecule has 0 aromatic heterocycles. The Kier molecular flexibility index (Phi) is 3.56. The van der Waals surface area contributed by atoms with Crippen LogP contribution in [0.1, 0.15) is 51.4 Å². The molecule has 4 aliphatic carbocycles. The molecule has 4 rings (SSSR count). The summed E-state index contributed by atoms with van der Waals surface area (Å²) in [6, 6.07) is 0. The predicted octanol–water partition coefficient (Wildman–Crippen LogP) is 4.43. The van der Waals surface area contributed by atoms with Crippen molar-refractivity contribution < 1.29 is 9.59 Å². The first-order valence-electron chi connectivity index (χ1n) is 8.70. The Morgan fingerprint density at radius 1 is 1.05 bits per heavy atom. The van der Waals surface area contributed by atoms with Crippen molar-refractivity contribution in [2.75, 3.05) is 0 Å². The van der Waals surface area contributed by atoms with Crippen LogP contribution >= 0.6 is 11.6 Å².